The molecule has 1 N–H and O–H groups in total. The van der Waals surface area contributed by atoms with Crippen LogP contribution in [0.15, 0.2) is 22.7 Å². The first-order valence-corrected chi connectivity index (χ1v) is 5.35. The smallest absolute Gasteiger partial charge is 0.0459 e. The van der Waals surface area contributed by atoms with Crippen LogP contribution in [-0.2, 0) is 6.42 Å². The Labute approximate surface area is 91.9 Å². The molecule has 0 radical (unpaired) electrons. The van der Waals surface area contributed by atoms with Crippen molar-refractivity contribution in [1.29, 1.82) is 0 Å². The summed E-state index contributed by atoms with van der Waals surface area (Å²) in [5.41, 5.74) is 1.09. The monoisotopic (exact) mass is 262 g/mol. The van der Waals surface area contributed by atoms with Crippen molar-refractivity contribution in [2.75, 3.05) is 6.61 Å². The SMILES string of the molecule is CC(CO)Cc1ccc(Br)cc1Cl. The first kappa shape index (κ1) is 11.0. The second-order valence-electron chi connectivity index (χ2n) is 3.23. The van der Waals surface area contributed by atoms with E-state index in [1.807, 2.05) is 25.1 Å². The Balaban J connectivity index is 2.77. The highest BCUT2D eigenvalue weighted by Crippen LogP contribution is 2.23. The molecule has 0 aliphatic rings. The van der Waals surface area contributed by atoms with Crippen LogP contribution in [0, 0.1) is 5.92 Å². The number of rotatable bonds is 3. The van der Waals surface area contributed by atoms with E-state index in [9.17, 15) is 0 Å². The maximum absolute atomic E-state index is 8.89. The highest BCUT2D eigenvalue weighted by molar-refractivity contribution is 9.10. The molecule has 0 aliphatic heterocycles. The zero-order valence-electron chi connectivity index (χ0n) is 7.43. The van der Waals surface area contributed by atoms with Gasteiger partial charge in [-0.15, -0.1) is 0 Å². The molecule has 3 heteroatoms. The van der Waals surface area contributed by atoms with E-state index < -0.39 is 0 Å². The van der Waals surface area contributed by atoms with E-state index in [4.69, 9.17) is 16.7 Å². The third kappa shape index (κ3) is 3.29. The number of hydrogen-bond acceptors (Lipinski definition) is 1. The first-order valence-electron chi connectivity index (χ1n) is 4.18. The maximum Gasteiger partial charge on any atom is 0.0459 e. The first-order chi connectivity index (χ1) is 6.13. The van der Waals surface area contributed by atoms with Gasteiger partial charge in [0.2, 0.25) is 0 Å². The molecule has 1 nitrogen and oxygen atoms in total. The van der Waals surface area contributed by atoms with Crippen molar-refractivity contribution in [2.45, 2.75) is 13.3 Å². The number of hydrogen-bond donors (Lipinski definition) is 1. The van der Waals surface area contributed by atoms with Gasteiger partial charge in [-0.05, 0) is 30.0 Å². The normalized spacial score (nSPS) is 12.9. The van der Waals surface area contributed by atoms with Crippen molar-refractivity contribution in [3.63, 3.8) is 0 Å². The van der Waals surface area contributed by atoms with Gasteiger partial charge in [0.05, 0.1) is 0 Å². The summed E-state index contributed by atoms with van der Waals surface area (Å²) in [6.07, 6.45) is 0.822. The van der Waals surface area contributed by atoms with Crippen LogP contribution >= 0.6 is 27.5 Å². The van der Waals surface area contributed by atoms with Gasteiger partial charge in [-0.2, -0.15) is 0 Å². The molecular formula is C10H12BrClO. The lowest BCUT2D eigenvalue weighted by molar-refractivity contribution is 0.237. The summed E-state index contributed by atoms with van der Waals surface area (Å²) in [6, 6.07) is 5.82. The van der Waals surface area contributed by atoms with Crippen molar-refractivity contribution < 1.29 is 5.11 Å². The fraction of sp³-hybridized carbons (Fsp3) is 0.400. The minimum absolute atomic E-state index is 0.201. The highest BCUT2D eigenvalue weighted by atomic mass is 79.9. The lowest BCUT2D eigenvalue weighted by Gasteiger charge is -2.09. The van der Waals surface area contributed by atoms with Gasteiger partial charge in [0, 0.05) is 16.1 Å². The molecule has 1 aromatic carbocycles. The Kier molecular flexibility index (Phi) is 4.23. The van der Waals surface area contributed by atoms with Gasteiger partial charge in [-0.3, -0.25) is 0 Å². The second-order valence-corrected chi connectivity index (χ2v) is 4.55. The van der Waals surface area contributed by atoms with Crippen molar-refractivity contribution in [2.24, 2.45) is 5.92 Å². The molecule has 13 heavy (non-hydrogen) atoms. The van der Waals surface area contributed by atoms with Gasteiger partial charge >= 0.3 is 0 Å². The number of benzene rings is 1. The van der Waals surface area contributed by atoms with Crippen molar-refractivity contribution in [3.05, 3.63) is 33.3 Å². The van der Waals surface area contributed by atoms with Gasteiger partial charge in [0.1, 0.15) is 0 Å². The van der Waals surface area contributed by atoms with E-state index in [0.29, 0.717) is 0 Å². The molecule has 0 amide bonds. The van der Waals surface area contributed by atoms with E-state index in [2.05, 4.69) is 15.9 Å². The molecule has 0 heterocycles. The summed E-state index contributed by atoms with van der Waals surface area (Å²) in [5.74, 6) is 0.263. The van der Waals surface area contributed by atoms with Gasteiger partial charge in [-0.25, -0.2) is 0 Å². The number of aliphatic hydroxyl groups is 1. The predicted molar refractivity (Wildman–Crippen MR) is 59.1 cm³/mol. The zero-order valence-corrected chi connectivity index (χ0v) is 9.77. The summed E-state index contributed by atoms with van der Waals surface area (Å²) in [7, 11) is 0. The fourth-order valence-electron chi connectivity index (χ4n) is 1.13. The standard InChI is InChI=1S/C10H12BrClO/c1-7(6-13)4-8-2-3-9(11)5-10(8)12/h2-3,5,7,13H,4,6H2,1H3. The summed E-state index contributed by atoms with van der Waals surface area (Å²) in [5, 5.41) is 9.65. The Hall–Kier alpha value is -0.0500. The molecule has 1 aromatic rings. The number of aliphatic hydroxyl groups excluding tert-OH is 1. The lowest BCUT2D eigenvalue weighted by atomic mass is 10.0. The molecule has 0 fully saturated rings. The fourth-order valence-corrected chi connectivity index (χ4v) is 1.88. The third-order valence-electron chi connectivity index (χ3n) is 1.90. The van der Waals surface area contributed by atoms with Crippen LogP contribution < -0.4 is 0 Å². The molecule has 1 rings (SSSR count). The molecule has 0 saturated carbocycles. The van der Waals surface area contributed by atoms with E-state index >= 15 is 0 Å². The van der Waals surface area contributed by atoms with Gasteiger partial charge in [0.25, 0.3) is 0 Å². The van der Waals surface area contributed by atoms with Crippen LogP contribution in [0.5, 0.6) is 0 Å². The van der Waals surface area contributed by atoms with Crippen molar-refractivity contribution in [3.8, 4) is 0 Å². The second kappa shape index (κ2) is 4.99. The zero-order chi connectivity index (χ0) is 9.84. The minimum atomic E-state index is 0.201. The van der Waals surface area contributed by atoms with Gasteiger partial charge in [0.15, 0.2) is 0 Å². The van der Waals surface area contributed by atoms with Gasteiger partial charge < -0.3 is 5.11 Å². The molecule has 0 bridgehead atoms. The van der Waals surface area contributed by atoms with Crippen molar-refractivity contribution >= 4 is 27.5 Å². The maximum atomic E-state index is 8.89. The molecule has 0 spiro atoms. The molecule has 1 atom stereocenters. The summed E-state index contributed by atoms with van der Waals surface area (Å²) >= 11 is 9.36. The average Bonchev–Trinajstić information content (AvgIpc) is 2.09. The van der Waals surface area contributed by atoms with Gasteiger partial charge in [-0.1, -0.05) is 40.5 Å². The Morgan fingerprint density at radius 2 is 2.23 bits per heavy atom. The topological polar surface area (TPSA) is 20.2 Å². The third-order valence-corrected chi connectivity index (χ3v) is 2.74. The summed E-state index contributed by atoms with van der Waals surface area (Å²) < 4.78 is 0.984. The predicted octanol–water partition coefficient (Wildman–Crippen LogP) is 3.27. The highest BCUT2D eigenvalue weighted by Gasteiger charge is 2.05. The van der Waals surface area contributed by atoms with Crippen LogP contribution in [0.4, 0.5) is 0 Å². The van der Waals surface area contributed by atoms with E-state index in [1.165, 1.54) is 0 Å². The molecule has 0 aromatic heterocycles. The molecule has 0 aliphatic carbocycles. The number of halogens is 2. The Morgan fingerprint density at radius 3 is 2.77 bits per heavy atom. The average molecular weight is 264 g/mol. The van der Waals surface area contributed by atoms with Crippen LogP contribution in [0.2, 0.25) is 5.02 Å². The molecule has 0 saturated heterocycles. The van der Waals surface area contributed by atoms with Crippen molar-refractivity contribution in [1.82, 2.24) is 0 Å². The van der Waals surface area contributed by atoms with Crippen LogP contribution in [0.1, 0.15) is 12.5 Å². The minimum Gasteiger partial charge on any atom is -0.396 e. The summed E-state index contributed by atoms with van der Waals surface area (Å²) in [6.45, 7) is 2.20. The van der Waals surface area contributed by atoms with Crippen LogP contribution in [-0.4, -0.2) is 11.7 Å². The summed E-state index contributed by atoms with van der Waals surface area (Å²) in [4.78, 5) is 0. The largest absolute Gasteiger partial charge is 0.396 e. The van der Waals surface area contributed by atoms with E-state index in [-0.39, 0.29) is 12.5 Å². The molecule has 72 valence electrons. The molecular weight excluding hydrogens is 251 g/mol. The quantitative estimate of drug-likeness (QED) is 0.887. The van der Waals surface area contributed by atoms with E-state index in [0.717, 1.165) is 21.5 Å². The molecule has 1 unspecified atom stereocenters. The van der Waals surface area contributed by atoms with E-state index in [1.54, 1.807) is 0 Å². The van der Waals surface area contributed by atoms with Crippen LogP contribution in [0.3, 0.4) is 0 Å². The van der Waals surface area contributed by atoms with Crippen LogP contribution in [0.25, 0.3) is 0 Å². The lowest BCUT2D eigenvalue weighted by Crippen LogP contribution is -2.04. The Bertz CT molecular complexity index is 288. The Morgan fingerprint density at radius 1 is 1.54 bits per heavy atom.